The molecule has 0 unspecified atom stereocenters. The van der Waals surface area contributed by atoms with Crippen molar-refractivity contribution in [3.8, 4) is 28.3 Å². The largest absolute Gasteiger partial charge is 0.472 e. The summed E-state index contributed by atoms with van der Waals surface area (Å²) in [6, 6.07) is 15.9. The van der Waals surface area contributed by atoms with Crippen LogP contribution >= 0.6 is 11.6 Å². The van der Waals surface area contributed by atoms with E-state index < -0.39 is 9.84 Å². The lowest BCUT2D eigenvalue weighted by Gasteiger charge is -2.08. The molecule has 0 N–H and O–H groups in total. The van der Waals surface area contributed by atoms with Crippen molar-refractivity contribution in [3.05, 3.63) is 78.3 Å². The minimum atomic E-state index is -3.25. The van der Waals surface area contributed by atoms with Crippen LogP contribution in [0.15, 0.2) is 82.6 Å². The van der Waals surface area contributed by atoms with Crippen LogP contribution in [0.25, 0.3) is 28.3 Å². The second kappa shape index (κ2) is 6.72. The van der Waals surface area contributed by atoms with E-state index in [4.69, 9.17) is 21.0 Å². The Balaban J connectivity index is 1.86. The first-order valence-corrected chi connectivity index (χ1v) is 10.4. The van der Waals surface area contributed by atoms with E-state index in [1.54, 1.807) is 36.8 Å². The number of benzene rings is 2. The van der Waals surface area contributed by atoms with Crippen molar-refractivity contribution >= 4 is 21.4 Å². The fourth-order valence-corrected chi connectivity index (χ4v) is 3.54. The van der Waals surface area contributed by atoms with Gasteiger partial charge in [0.1, 0.15) is 5.82 Å². The Labute approximate surface area is 161 Å². The number of hydrogen-bond acceptors (Lipinski definition) is 4. The summed E-state index contributed by atoms with van der Waals surface area (Å²) in [4.78, 5) is 5.00. The van der Waals surface area contributed by atoms with Gasteiger partial charge in [-0.25, -0.2) is 13.4 Å². The molecule has 4 rings (SSSR count). The molecule has 0 amide bonds. The zero-order valence-corrected chi connectivity index (χ0v) is 15.9. The Hall–Kier alpha value is -2.83. The molecule has 2 aromatic carbocycles. The van der Waals surface area contributed by atoms with Crippen molar-refractivity contribution in [2.24, 2.45) is 0 Å². The Kier molecular flexibility index (Phi) is 4.37. The highest BCUT2D eigenvalue weighted by atomic mass is 35.5. The number of furan rings is 1. The van der Waals surface area contributed by atoms with Gasteiger partial charge in [0.05, 0.1) is 23.1 Å². The molecule has 0 aliphatic heterocycles. The summed E-state index contributed by atoms with van der Waals surface area (Å²) in [6.45, 7) is 0. The smallest absolute Gasteiger partial charge is 0.175 e. The predicted molar refractivity (Wildman–Crippen MR) is 105 cm³/mol. The molecule has 2 aromatic heterocycles. The third-order valence-corrected chi connectivity index (χ3v) is 5.55. The summed E-state index contributed by atoms with van der Waals surface area (Å²) in [7, 11) is -3.25. The number of hydrogen-bond donors (Lipinski definition) is 0. The van der Waals surface area contributed by atoms with Crippen LogP contribution in [-0.2, 0) is 9.84 Å². The first kappa shape index (κ1) is 17.6. The zero-order chi connectivity index (χ0) is 19.0. The van der Waals surface area contributed by atoms with Gasteiger partial charge in [0.15, 0.2) is 9.84 Å². The van der Waals surface area contributed by atoms with Crippen LogP contribution < -0.4 is 0 Å². The van der Waals surface area contributed by atoms with Gasteiger partial charge in [-0.3, -0.25) is 4.57 Å². The van der Waals surface area contributed by atoms with Crippen molar-refractivity contribution < 1.29 is 12.8 Å². The van der Waals surface area contributed by atoms with Crippen LogP contribution in [0, 0.1) is 0 Å². The quantitative estimate of drug-likeness (QED) is 0.492. The number of rotatable bonds is 4. The third-order valence-electron chi connectivity index (χ3n) is 4.17. The Morgan fingerprint density at radius 2 is 1.67 bits per heavy atom. The molecule has 27 heavy (non-hydrogen) atoms. The van der Waals surface area contributed by atoms with Crippen LogP contribution in [0.3, 0.4) is 0 Å². The van der Waals surface area contributed by atoms with Crippen molar-refractivity contribution in [2.75, 3.05) is 6.26 Å². The topological polar surface area (TPSA) is 65.1 Å². The second-order valence-electron chi connectivity index (χ2n) is 6.10. The van der Waals surface area contributed by atoms with E-state index in [9.17, 15) is 8.42 Å². The average molecular weight is 399 g/mol. The van der Waals surface area contributed by atoms with Gasteiger partial charge in [0.2, 0.25) is 0 Å². The molecule has 136 valence electrons. The Morgan fingerprint density at radius 3 is 2.26 bits per heavy atom. The van der Waals surface area contributed by atoms with Gasteiger partial charge in [-0.2, -0.15) is 0 Å². The molecule has 7 heteroatoms. The molecule has 4 aromatic rings. The van der Waals surface area contributed by atoms with Crippen LogP contribution in [0.4, 0.5) is 0 Å². The first-order valence-electron chi connectivity index (χ1n) is 8.10. The Bertz CT molecular complexity index is 1180. The SMILES string of the molecule is CS(=O)(=O)c1ccc(-c2nc(-c3ccoc3)cn2-c2ccc(Cl)cc2)cc1. The van der Waals surface area contributed by atoms with Crippen LogP contribution in [-0.4, -0.2) is 24.2 Å². The van der Waals surface area contributed by atoms with Gasteiger partial charge in [-0.05, 0) is 54.6 Å². The van der Waals surface area contributed by atoms with Gasteiger partial charge < -0.3 is 4.42 Å². The van der Waals surface area contributed by atoms with Crippen molar-refractivity contribution in [1.29, 1.82) is 0 Å². The molecule has 0 saturated heterocycles. The average Bonchev–Trinajstić information content (AvgIpc) is 3.31. The van der Waals surface area contributed by atoms with Crippen LogP contribution in [0.5, 0.6) is 0 Å². The number of aromatic nitrogens is 2. The number of halogens is 1. The van der Waals surface area contributed by atoms with E-state index in [1.165, 1.54) is 6.26 Å². The van der Waals surface area contributed by atoms with Crippen LogP contribution in [0.2, 0.25) is 5.02 Å². The van der Waals surface area contributed by atoms with E-state index in [0.29, 0.717) is 10.8 Å². The number of imidazole rings is 1. The van der Waals surface area contributed by atoms with E-state index in [0.717, 1.165) is 22.5 Å². The van der Waals surface area contributed by atoms with Gasteiger partial charge >= 0.3 is 0 Å². The lowest BCUT2D eigenvalue weighted by Crippen LogP contribution is -1.98. The highest BCUT2D eigenvalue weighted by Crippen LogP contribution is 2.29. The standard InChI is InChI=1S/C20H15ClN2O3S/c1-27(24,25)18-8-2-14(3-9-18)20-22-19(15-10-11-26-13-15)12-23(20)17-6-4-16(21)5-7-17/h2-13H,1H3. The highest BCUT2D eigenvalue weighted by Gasteiger charge is 2.15. The van der Waals surface area contributed by atoms with Crippen molar-refractivity contribution in [2.45, 2.75) is 4.90 Å². The van der Waals surface area contributed by atoms with E-state index in [1.807, 2.05) is 41.1 Å². The Morgan fingerprint density at radius 1 is 0.963 bits per heavy atom. The molecule has 2 heterocycles. The van der Waals surface area contributed by atoms with Crippen molar-refractivity contribution in [1.82, 2.24) is 9.55 Å². The lowest BCUT2D eigenvalue weighted by atomic mass is 10.2. The minimum absolute atomic E-state index is 0.269. The summed E-state index contributed by atoms with van der Waals surface area (Å²) < 4.78 is 30.5. The maximum absolute atomic E-state index is 11.7. The molecule has 0 fully saturated rings. The summed E-state index contributed by atoms with van der Waals surface area (Å²) in [5, 5.41) is 0.646. The summed E-state index contributed by atoms with van der Waals surface area (Å²) >= 11 is 6.01. The minimum Gasteiger partial charge on any atom is -0.472 e. The monoisotopic (exact) mass is 398 g/mol. The molecule has 5 nitrogen and oxygen atoms in total. The maximum atomic E-state index is 11.7. The van der Waals surface area contributed by atoms with Gasteiger partial charge in [-0.1, -0.05) is 11.6 Å². The van der Waals surface area contributed by atoms with Crippen molar-refractivity contribution in [3.63, 3.8) is 0 Å². The van der Waals surface area contributed by atoms with E-state index >= 15 is 0 Å². The highest BCUT2D eigenvalue weighted by molar-refractivity contribution is 7.90. The third kappa shape index (κ3) is 3.54. The molecule has 0 aliphatic carbocycles. The van der Waals surface area contributed by atoms with Crippen LogP contribution in [0.1, 0.15) is 0 Å². The summed E-state index contributed by atoms with van der Waals surface area (Å²) in [5.74, 6) is 0.688. The molecular formula is C20H15ClN2O3S. The fraction of sp³-hybridized carbons (Fsp3) is 0.0500. The fourth-order valence-electron chi connectivity index (χ4n) is 2.78. The molecule has 0 saturated carbocycles. The number of nitrogens with zero attached hydrogens (tertiary/aromatic N) is 2. The predicted octanol–water partition coefficient (Wildman–Crippen LogP) is 4.86. The van der Waals surface area contributed by atoms with E-state index in [-0.39, 0.29) is 4.90 Å². The molecular weight excluding hydrogens is 384 g/mol. The van der Waals surface area contributed by atoms with E-state index in [2.05, 4.69) is 0 Å². The molecule has 0 bridgehead atoms. The number of sulfone groups is 1. The lowest BCUT2D eigenvalue weighted by molar-refractivity contribution is 0.568. The maximum Gasteiger partial charge on any atom is 0.175 e. The summed E-state index contributed by atoms with van der Waals surface area (Å²) in [6.07, 6.45) is 6.32. The molecule has 0 atom stereocenters. The van der Waals surface area contributed by atoms with Gasteiger partial charge in [0, 0.05) is 34.3 Å². The molecule has 0 aliphatic rings. The zero-order valence-electron chi connectivity index (χ0n) is 14.3. The normalized spacial score (nSPS) is 11.6. The van der Waals surface area contributed by atoms with Gasteiger partial charge in [0.25, 0.3) is 0 Å². The second-order valence-corrected chi connectivity index (χ2v) is 8.56. The van der Waals surface area contributed by atoms with Gasteiger partial charge in [-0.15, -0.1) is 0 Å². The molecule has 0 spiro atoms. The molecule has 0 radical (unpaired) electrons. The summed E-state index contributed by atoms with van der Waals surface area (Å²) in [5.41, 5.74) is 3.30. The first-order chi connectivity index (χ1) is 12.9.